The smallest absolute Gasteiger partial charge is 0.187 e. The van der Waals surface area contributed by atoms with Crippen molar-refractivity contribution in [1.29, 1.82) is 0 Å². The van der Waals surface area contributed by atoms with Gasteiger partial charge in [-0.2, -0.15) is 0 Å². The summed E-state index contributed by atoms with van der Waals surface area (Å²) >= 11 is 0. The monoisotopic (exact) mass is 658 g/mol. The van der Waals surface area contributed by atoms with Gasteiger partial charge in [0, 0.05) is 17.1 Å². The molecule has 0 bridgehead atoms. The first-order valence-electron chi connectivity index (χ1n) is 17.8. The van der Waals surface area contributed by atoms with Crippen LogP contribution >= 0.6 is 0 Å². The molecule has 0 atom stereocenters. The minimum atomic E-state index is -0.386. The summed E-state index contributed by atoms with van der Waals surface area (Å²) in [5.41, 5.74) is 13.9. The van der Waals surface area contributed by atoms with Crippen molar-refractivity contribution in [2.24, 2.45) is 0 Å². The van der Waals surface area contributed by atoms with Gasteiger partial charge >= 0.3 is 0 Å². The van der Waals surface area contributed by atoms with E-state index in [1.807, 2.05) is 12.1 Å². The van der Waals surface area contributed by atoms with E-state index in [0.717, 1.165) is 17.1 Å². The van der Waals surface area contributed by atoms with Crippen molar-refractivity contribution in [2.45, 2.75) is 5.41 Å². The molecule has 0 unspecified atom stereocenters. The molecule has 0 fully saturated rings. The zero-order chi connectivity index (χ0) is 34.4. The predicted octanol–water partition coefficient (Wildman–Crippen LogP) is 13.5. The second-order valence-electron chi connectivity index (χ2n) is 13.9. The molecular weight excluding hydrogens is 629 g/mol. The fraction of sp³-hybridized carbons (Fsp3) is 0.0200. The lowest BCUT2D eigenvalue weighted by Gasteiger charge is -2.31. The third kappa shape index (κ3) is 3.77. The Balaban J connectivity index is 1.18. The topological polar surface area (TPSA) is 7.60 Å². The fourth-order valence-corrected chi connectivity index (χ4v) is 9.38. The van der Waals surface area contributed by atoms with E-state index in [1.54, 1.807) is 0 Å². The molecule has 52 heavy (non-hydrogen) atoms. The largest absolute Gasteiger partial charge is 0.311 e. The van der Waals surface area contributed by atoms with Crippen LogP contribution in [0.5, 0.6) is 0 Å². The van der Waals surface area contributed by atoms with Crippen LogP contribution in [0.15, 0.2) is 182 Å². The summed E-state index contributed by atoms with van der Waals surface area (Å²) in [4.78, 5) is 6.05. The Kier molecular flexibility index (Phi) is 5.98. The SMILES string of the molecule is [C-]#[N+]c1ccc(N(c2ccc3c(c2)-c2ccccc2C32c3ccccc3-c3ccccc32)c2ccc3c4ccccc4c4ccccc4c3c2)cc1. The van der Waals surface area contributed by atoms with E-state index in [-0.39, 0.29) is 5.41 Å². The molecule has 0 saturated carbocycles. The number of benzene rings is 9. The van der Waals surface area contributed by atoms with Crippen molar-refractivity contribution < 1.29 is 0 Å². The summed E-state index contributed by atoms with van der Waals surface area (Å²) in [5.74, 6) is 0. The Morgan fingerprint density at radius 1 is 0.346 bits per heavy atom. The molecule has 9 aromatic rings. The average molecular weight is 659 g/mol. The molecular formula is C50H30N2. The molecule has 0 aliphatic heterocycles. The third-order valence-corrected chi connectivity index (χ3v) is 11.5. The summed E-state index contributed by atoms with van der Waals surface area (Å²) < 4.78 is 0. The van der Waals surface area contributed by atoms with E-state index < -0.39 is 0 Å². The van der Waals surface area contributed by atoms with Gasteiger partial charge in [0.25, 0.3) is 0 Å². The lowest BCUT2D eigenvalue weighted by Crippen LogP contribution is -2.25. The summed E-state index contributed by atoms with van der Waals surface area (Å²) in [7, 11) is 0. The second kappa shape index (κ2) is 10.8. The Morgan fingerprint density at radius 2 is 0.750 bits per heavy atom. The quantitative estimate of drug-likeness (QED) is 0.135. The number of hydrogen-bond donors (Lipinski definition) is 0. The lowest BCUT2D eigenvalue weighted by molar-refractivity contribution is 0.794. The van der Waals surface area contributed by atoms with E-state index in [4.69, 9.17) is 6.57 Å². The molecule has 2 aliphatic carbocycles. The van der Waals surface area contributed by atoms with Gasteiger partial charge in [0.1, 0.15) is 0 Å². The first kappa shape index (κ1) is 28.8. The van der Waals surface area contributed by atoms with Crippen LogP contribution in [0.3, 0.4) is 0 Å². The molecule has 2 heteroatoms. The molecule has 11 rings (SSSR count). The first-order valence-corrected chi connectivity index (χ1v) is 17.8. The van der Waals surface area contributed by atoms with Crippen molar-refractivity contribution in [1.82, 2.24) is 0 Å². The highest BCUT2D eigenvalue weighted by molar-refractivity contribution is 6.25. The van der Waals surface area contributed by atoms with Gasteiger partial charge in [-0.3, -0.25) is 0 Å². The van der Waals surface area contributed by atoms with Crippen molar-refractivity contribution in [2.75, 3.05) is 4.90 Å². The second-order valence-corrected chi connectivity index (χ2v) is 13.9. The number of hydrogen-bond acceptors (Lipinski definition) is 1. The summed E-state index contributed by atoms with van der Waals surface area (Å²) in [6, 6.07) is 66.2. The van der Waals surface area contributed by atoms with Crippen LogP contribution in [0.4, 0.5) is 22.7 Å². The van der Waals surface area contributed by atoms with Crippen LogP contribution in [-0.2, 0) is 5.41 Å². The normalized spacial score (nSPS) is 13.1. The molecule has 0 saturated heterocycles. The molecule has 0 amide bonds. The standard InChI is InChI=1S/C50H30N2/c1-51-32-22-24-33(25-23-32)52(34-26-28-40-38-14-3-2-12-36(38)37-13-4-5-15-39(37)44(40)30-34)35-27-29-49-45(31-35)43-18-8-11-21-48(43)50(49)46-19-9-6-16-41(46)42-17-7-10-20-47(42)50/h2-31H. The molecule has 0 aromatic heterocycles. The van der Waals surface area contributed by atoms with Gasteiger partial charge in [0.2, 0.25) is 0 Å². The number of fused-ring (bicyclic) bond motifs is 16. The van der Waals surface area contributed by atoms with Gasteiger partial charge in [-0.1, -0.05) is 146 Å². The summed E-state index contributed by atoms with van der Waals surface area (Å²) in [5, 5.41) is 7.49. The van der Waals surface area contributed by atoms with Gasteiger partial charge in [0.05, 0.1) is 12.0 Å². The Hall–Kier alpha value is -6.95. The van der Waals surface area contributed by atoms with Crippen LogP contribution in [0.2, 0.25) is 0 Å². The highest BCUT2D eigenvalue weighted by atomic mass is 15.1. The highest BCUT2D eigenvalue weighted by Gasteiger charge is 2.51. The van der Waals surface area contributed by atoms with Gasteiger partial charge in [-0.05, 0) is 113 Å². The van der Waals surface area contributed by atoms with Gasteiger partial charge in [-0.25, -0.2) is 4.85 Å². The van der Waals surface area contributed by atoms with Crippen LogP contribution in [0.25, 0.3) is 59.4 Å². The highest BCUT2D eigenvalue weighted by Crippen LogP contribution is 2.63. The van der Waals surface area contributed by atoms with E-state index in [1.165, 1.54) is 76.8 Å². The molecule has 0 N–H and O–H groups in total. The van der Waals surface area contributed by atoms with Crippen LogP contribution in [0.1, 0.15) is 22.3 Å². The average Bonchev–Trinajstić information content (AvgIpc) is 3.68. The summed E-state index contributed by atoms with van der Waals surface area (Å²) in [6.07, 6.45) is 0. The Bertz CT molecular complexity index is 2900. The van der Waals surface area contributed by atoms with E-state index >= 15 is 0 Å². The number of rotatable bonds is 3. The van der Waals surface area contributed by atoms with Gasteiger partial charge < -0.3 is 4.90 Å². The Labute approximate surface area is 302 Å². The summed E-state index contributed by atoms with van der Waals surface area (Å²) in [6.45, 7) is 7.63. The van der Waals surface area contributed by atoms with Gasteiger partial charge in [-0.15, -0.1) is 0 Å². The minimum absolute atomic E-state index is 0.386. The zero-order valence-corrected chi connectivity index (χ0v) is 28.2. The fourth-order valence-electron chi connectivity index (χ4n) is 9.38. The third-order valence-electron chi connectivity index (χ3n) is 11.5. The Morgan fingerprint density at radius 3 is 1.31 bits per heavy atom. The number of anilines is 3. The van der Waals surface area contributed by atoms with Gasteiger partial charge in [0.15, 0.2) is 5.69 Å². The molecule has 9 aromatic carbocycles. The van der Waals surface area contributed by atoms with E-state index in [2.05, 4.69) is 180 Å². The van der Waals surface area contributed by atoms with E-state index in [9.17, 15) is 0 Å². The zero-order valence-electron chi connectivity index (χ0n) is 28.2. The maximum Gasteiger partial charge on any atom is 0.187 e. The van der Waals surface area contributed by atoms with Crippen LogP contribution in [-0.4, -0.2) is 0 Å². The molecule has 240 valence electrons. The van der Waals surface area contributed by atoms with Crippen molar-refractivity contribution in [3.05, 3.63) is 216 Å². The lowest BCUT2D eigenvalue weighted by atomic mass is 9.70. The van der Waals surface area contributed by atoms with Crippen LogP contribution < -0.4 is 4.90 Å². The molecule has 2 nitrogen and oxygen atoms in total. The number of nitrogens with zero attached hydrogens (tertiary/aromatic N) is 2. The molecule has 1 spiro atoms. The van der Waals surface area contributed by atoms with Crippen molar-refractivity contribution in [3.8, 4) is 22.3 Å². The first-order chi connectivity index (χ1) is 25.8. The van der Waals surface area contributed by atoms with E-state index in [0.29, 0.717) is 5.69 Å². The minimum Gasteiger partial charge on any atom is -0.311 e. The maximum absolute atomic E-state index is 7.63. The van der Waals surface area contributed by atoms with Crippen molar-refractivity contribution >= 4 is 55.1 Å². The van der Waals surface area contributed by atoms with Crippen molar-refractivity contribution in [3.63, 3.8) is 0 Å². The maximum atomic E-state index is 7.63. The molecule has 0 radical (unpaired) electrons. The predicted molar refractivity (Wildman–Crippen MR) is 216 cm³/mol. The molecule has 0 heterocycles. The van der Waals surface area contributed by atoms with Crippen LogP contribution in [0, 0.1) is 6.57 Å². The molecule has 2 aliphatic rings.